The number of pyridine rings is 1. The van der Waals surface area contributed by atoms with Crippen molar-refractivity contribution in [2.24, 2.45) is 0 Å². The van der Waals surface area contributed by atoms with Crippen LogP contribution < -0.4 is 14.4 Å². The van der Waals surface area contributed by atoms with E-state index in [2.05, 4.69) is 15.0 Å². The standard InChI is InChI=1S/C30H28N4O3/c1-22-5-2-7-27(17-22)37-16-4-15-36-26-11-9-25(10-12-26)34(20-23-6-3-14-31-19-23)30(35)24-8-13-28-29(18-24)33-21-32-28/h2-3,5-14,17-19,21H,4,15-16,20H2,1H3,(H,32,33). The summed E-state index contributed by atoms with van der Waals surface area (Å²) in [4.78, 5) is 26.9. The molecule has 5 rings (SSSR count). The van der Waals surface area contributed by atoms with Crippen molar-refractivity contribution in [2.75, 3.05) is 18.1 Å². The molecule has 0 saturated carbocycles. The lowest BCUT2D eigenvalue weighted by Crippen LogP contribution is -2.30. The number of imidazole rings is 1. The first-order valence-electron chi connectivity index (χ1n) is 12.2. The van der Waals surface area contributed by atoms with E-state index in [1.807, 2.05) is 79.7 Å². The summed E-state index contributed by atoms with van der Waals surface area (Å²) < 4.78 is 11.7. The number of ether oxygens (including phenoxy) is 2. The van der Waals surface area contributed by atoms with E-state index in [4.69, 9.17) is 9.47 Å². The first-order chi connectivity index (χ1) is 18.2. The van der Waals surface area contributed by atoms with Gasteiger partial charge in [-0.15, -0.1) is 0 Å². The predicted octanol–water partition coefficient (Wildman–Crippen LogP) is 5.96. The van der Waals surface area contributed by atoms with Crippen LogP contribution in [-0.4, -0.2) is 34.1 Å². The zero-order valence-electron chi connectivity index (χ0n) is 20.6. The Morgan fingerprint density at radius 3 is 2.54 bits per heavy atom. The molecule has 37 heavy (non-hydrogen) atoms. The Kier molecular flexibility index (Phi) is 7.41. The SMILES string of the molecule is Cc1cccc(OCCCOc2ccc(N(Cc3cccnc3)C(=O)c3ccc4nc[nH]c4c3)cc2)c1. The van der Waals surface area contributed by atoms with Gasteiger partial charge in [-0.3, -0.25) is 9.78 Å². The Bertz CT molecular complexity index is 1470. The lowest BCUT2D eigenvalue weighted by molar-refractivity contribution is 0.0985. The van der Waals surface area contributed by atoms with Crippen LogP contribution in [-0.2, 0) is 6.54 Å². The van der Waals surface area contributed by atoms with Crippen LogP contribution in [0.5, 0.6) is 11.5 Å². The number of nitrogens with one attached hydrogen (secondary N) is 1. The second-order valence-corrected chi connectivity index (χ2v) is 8.75. The fourth-order valence-electron chi connectivity index (χ4n) is 4.05. The normalized spacial score (nSPS) is 10.8. The van der Waals surface area contributed by atoms with E-state index >= 15 is 0 Å². The number of nitrogens with zero attached hydrogens (tertiary/aromatic N) is 3. The van der Waals surface area contributed by atoms with E-state index in [1.165, 1.54) is 5.56 Å². The maximum Gasteiger partial charge on any atom is 0.258 e. The quantitative estimate of drug-likeness (QED) is 0.243. The number of H-pyrrole nitrogens is 1. The molecular formula is C30H28N4O3. The van der Waals surface area contributed by atoms with Gasteiger partial charge >= 0.3 is 0 Å². The summed E-state index contributed by atoms with van der Waals surface area (Å²) in [5, 5.41) is 0. The summed E-state index contributed by atoms with van der Waals surface area (Å²) in [6.45, 7) is 3.55. The molecule has 186 valence electrons. The Labute approximate surface area is 215 Å². The number of hydrogen-bond donors (Lipinski definition) is 1. The molecule has 0 spiro atoms. The third kappa shape index (κ3) is 6.13. The number of rotatable bonds is 10. The molecule has 5 aromatic rings. The highest BCUT2D eigenvalue weighted by Gasteiger charge is 2.19. The summed E-state index contributed by atoms with van der Waals surface area (Å²) in [7, 11) is 0. The number of aromatic amines is 1. The number of aryl methyl sites for hydroxylation is 1. The van der Waals surface area contributed by atoms with Gasteiger partial charge in [0.2, 0.25) is 0 Å². The number of fused-ring (bicyclic) bond motifs is 1. The molecule has 0 saturated heterocycles. The fourth-order valence-corrected chi connectivity index (χ4v) is 4.05. The summed E-state index contributed by atoms with van der Waals surface area (Å²) in [6.07, 6.45) is 5.88. The van der Waals surface area contributed by atoms with Crippen LogP contribution >= 0.6 is 0 Å². The second-order valence-electron chi connectivity index (χ2n) is 8.75. The van der Waals surface area contributed by atoms with Crippen LogP contribution in [0.1, 0.15) is 27.9 Å². The molecule has 0 fully saturated rings. The van der Waals surface area contributed by atoms with Crippen molar-refractivity contribution in [3.8, 4) is 11.5 Å². The summed E-state index contributed by atoms with van der Waals surface area (Å²) in [5.74, 6) is 1.50. The number of hydrogen-bond acceptors (Lipinski definition) is 5. The third-order valence-electron chi connectivity index (χ3n) is 5.94. The zero-order valence-corrected chi connectivity index (χ0v) is 20.6. The molecule has 3 aromatic carbocycles. The summed E-state index contributed by atoms with van der Waals surface area (Å²) in [6, 6.07) is 24.9. The Hall–Kier alpha value is -4.65. The molecule has 7 nitrogen and oxygen atoms in total. The number of aromatic nitrogens is 3. The lowest BCUT2D eigenvalue weighted by atomic mass is 10.1. The zero-order chi connectivity index (χ0) is 25.5. The van der Waals surface area contributed by atoms with Gasteiger partial charge in [-0.1, -0.05) is 18.2 Å². The number of amides is 1. The second kappa shape index (κ2) is 11.4. The molecule has 0 aliphatic heterocycles. The minimum atomic E-state index is -0.109. The topological polar surface area (TPSA) is 80.3 Å². The van der Waals surface area contributed by atoms with Gasteiger partial charge < -0.3 is 19.4 Å². The van der Waals surface area contributed by atoms with Crippen LogP contribution in [0.3, 0.4) is 0 Å². The van der Waals surface area contributed by atoms with E-state index in [0.717, 1.165) is 40.2 Å². The van der Waals surface area contributed by atoms with E-state index < -0.39 is 0 Å². The molecule has 0 unspecified atom stereocenters. The molecule has 2 aromatic heterocycles. The molecule has 0 bridgehead atoms. The molecule has 0 atom stereocenters. The van der Waals surface area contributed by atoms with Gasteiger partial charge in [0.05, 0.1) is 37.1 Å². The molecule has 0 aliphatic rings. The molecule has 0 radical (unpaired) electrons. The van der Waals surface area contributed by atoms with Crippen LogP contribution in [0, 0.1) is 6.92 Å². The first kappa shape index (κ1) is 24.1. The van der Waals surface area contributed by atoms with Crippen molar-refractivity contribution >= 4 is 22.6 Å². The molecule has 2 heterocycles. The molecule has 1 amide bonds. The van der Waals surface area contributed by atoms with E-state index in [1.54, 1.807) is 29.7 Å². The van der Waals surface area contributed by atoms with Crippen LogP contribution in [0.15, 0.2) is 97.6 Å². The number of benzene rings is 3. The number of anilines is 1. The molecule has 7 heteroatoms. The first-order valence-corrected chi connectivity index (χ1v) is 12.2. The predicted molar refractivity (Wildman–Crippen MR) is 144 cm³/mol. The van der Waals surface area contributed by atoms with Crippen molar-refractivity contribution < 1.29 is 14.3 Å². The molecule has 1 N–H and O–H groups in total. The average Bonchev–Trinajstić information content (AvgIpc) is 3.40. The maximum atomic E-state index is 13.6. The van der Waals surface area contributed by atoms with Gasteiger partial charge in [0, 0.05) is 30.1 Å². The van der Waals surface area contributed by atoms with Crippen molar-refractivity contribution in [1.82, 2.24) is 15.0 Å². The smallest absolute Gasteiger partial charge is 0.258 e. The highest BCUT2D eigenvalue weighted by Crippen LogP contribution is 2.24. The van der Waals surface area contributed by atoms with Gasteiger partial charge in [-0.2, -0.15) is 0 Å². The van der Waals surface area contributed by atoms with Crippen molar-refractivity contribution in [3.05, 3.63) is 114 Å². The van der Waals surface area contributed by atoms with Crippen LogP contribution in [0.2, 0.25) is 0 Å². The minimum Gasteiger partial charge on any atom is -0.493 e. The van der Waals surface area contributed by atoms with E-state index in [9.17, 15) is 4.79 Å². The highest BCUT2D eigenvalue weighted by molar-refractivity contribution is 6.07. The lowest BCUT2D eigenvalue weighted by Gasteiger charge is -2.23. The summed E-state index contributed by atoms with van der Waals surface area (Å²) >= 11 is 0. The fraction of sp³-hybridized carbons (Fsp3) is 0.167. The summed E-state index contributed by atoms with van der Waals surface area (Å²) in [5.41, 5.74) is 5.10. The van der Waals surface area contributed by atoms with E-state index in [0.29, 0.717) is 25.3 Å². The van der Waals surface area contributed by atoms with Crippen molar-refractivity contribution in [2.45, 2.75) is 19.9 Å². The van der Waals surface area contributed by atoms with Gasteiger partial charge in [0.25, 0.3) is 5.91 Å². The Morgan fingerprint density at radius 2 is 1.76 bits per heavy atom. The molecular weight excluding hydrogens is 464 g/mol. The third-order valence-corrected chi connectivity index (χ3v) is 5.94. The van der Waals surface area contributed by atoms with Crippen molar-refractivity contribution in [3.63, 3.8) is 0 Å². The number of carbonyl (C=O) groups is 1. The van der Waals surface area contributed by atoms with Crippen LogP contribution in [0.25, 0.3) is 11.0 Å². The van der Waals surface area contributed by atoms with Gasteiger partial charge in [-0.05, 0) is 78.7 Å². The largest absolute Gasteiger partial charge is 0.493 e. The maximum absolute atomic E-state index is 13.6. The average molecular weight is 493 g/mol. The van der Waals surface area contributed by atoms with Gasteiger partial charge in [0.15, 0.2) is 0 Å². The van der Waals surface area contributed by atoms with Crippen molar-refractivity contribution in [1.29, 1.82) is 0 Å². The Balaban J connectivity index is 1.25. The van der Waals surface area contributed by atoms with E-state index in [-0.39, 0.29) is 5.91 Å². The highest BCUT2D eigenvalue weighted by atomic mass is 16.5. The minimum absolute atomic E-state index is 0.109. The Morgan fingerprint density at radius 1 is 0.919 bits per heavy atom. The van der Waals surface area contributed by atoms with Crippen LogP contribution in [0.4, 0.5) is 5.69 Å². The number of carbonyl (C=O) groups excluding carboxylic acids is 1. The monoisotopic (exact) mass is 492 g/mol. The molecule has 0 aliphatic carbocycles. The van der Waals surface area contributed by atoms with Gasteiger partial charge in [-0.25, -0.2) is 4.98 Å². The van der Waals surface area contributed by atoms with Gasteiger partial charge in [0.1, 0.15) is 11.5 Å².